The average molecular weight is 308 g/mol. The minimum Gasteiger partial charge on any atom is -0.398 e. The number of ketones is 1. The molecule has 92 valence electrons. The number of benzene rings is 2. The van der Waals surface area contributed by atoms with Gasteiger partial charge in [-0.25, -0.2) is 4.39 Å². The number of para-hydroxylation sites is 1. The first-order valence-electron chi connectivity index (χ1n) is 5.39. The van der Waals surface area contributed by atoms with Gasteiger partial charge in [0.25, 0.3) is 0 Å². The van der Waals surface area contributed by atoms with Crippen LogP contribution in [0.1, 0.15) is 15.9 Å². The van der Waals surface area contributed by atoms with E-state index in [1.165, 1.54) is 6.07 Å². The van der Waals surface area contributed by atoms with Gasteiger partial charge in [0.15, 0.2) is 5.78 Å². The van der Waals surface area contributed by atoms with Crippen LogP contribution in [-0.2, 0) is 6.42 Å². The first-order chi connectivity index (χ1) is 8.58. The highest BCUT2D eigenvalue weighted by Gasteiger charge is 2.10. The molecule has 2 aromatic rings. The predicted molar refractivity (Wildman–Crippen MR) is 73.0 cm³/mol. The van der Waals surface area contributed by atoms with Gasteiger partial charge < -0.3 is 5.73 Å². The molecule has 0 bridgehead atoms. The van der Waals surface area contributed by atoms with Crippen molar-refractivity contribution in [3.8, 4) is 0 Å². The van der Waals surface area contributed by atoms with Crippen molar-refractivity contribution in [1.82, 2.24) is 0 Å². The number of carbonyl (C=O) groups is 1. The summed E-state index contributed by atoms with van der Waals surface area (Å²) in [5, 5.41) is 0. The lowest BCUT2D eigenvalue weighted by Gasteiger charge is -2.05. The smallest absolute Gasteiger partial charge is 0.169 e. The number of rotatable bonds is 3. The Kier molecular flexibility index (Phi) is 3.77. The summed E-state index contributed by atoms with van der Waals surface area (Å²) in [4.78, 5) is 12.0. The maximum Gasteiger partial charge on any atom is 0.169 e. The summed E-state index contributed by atoms with van der Waals surface area (Å²) in [5.41, 5.74) is 7.45. The highest BCUT2D eigenvalue weighted by Crippen LogP contribution is 2.19. The maximum absolute atomic E-state index is 13.1. The van der Waals surface area contributed by atoms with E-state index in [2.05, 4.69) is 15.9 Å². The van der Waals surface area contributed by atoms with E-state index in [0.717, 1.165) is 5.56 Å². The van der Waals surface area contributed by atoms with E-state index in [1.54, 1.807) is 36.4 Å². The predicted octanol–water partition coefficient (Wildman–Crippen LogP) is 3.60. The van der Waals surface area contributed by atoms with Crippen LogP contribution in [0.4, 0.5) is 10.1 Å². The van der Waals surface area contributed by atoms with Crippen molar-refractivity contribution in [1.29, 1.82) is 0 Å². The van der Waals surface area contributed by atoms with E-state index < -0.39 is 0 Å². The van der Waals surface area contributed by atoms with Gasteiger partial charge in [0.1, 0.15) is 5.82 Å². The average Bonchev–Trinajstić information content (AvgIpc) is 2.34. The Morgan fingerprint density at radius 2 is 1.94 bits per heavy atom. The third kappa shape index (κ3) is 2.76. The van der Waals surface area contributed by atoms with Crippen LogP contribution < -0.4 is 5.73 Å². The van der Waals surface area contributed by atoms with Crippen LogP contribution in [0.3, 0.4) is 0 Å². The summed E-state index contributed by atoms with van der Waals surface area (Å²) in [5.74, 6) is -0.419. The molecule has 0 aliphatic rings. The van der Waals surface area contributed by atoms with Crippen LogP contribution >= 0.6 is 15.9 Å². The van der Waals surface area contributed by atoms with Crippen LogP contribution in [-0.4, -0.2) is 5.78 Å². The largest absolute Gasteiger partial charge is 0.398 e. The first kappa shape index (κ1) is 12.8. The minimum absolute atomic E-state index is 0.0772. The highest BCUT2D eigenvalue weighted by atomic mass is 79.9. The first-order valence-corrected chi connectivity index (χ1v) is 6.19. The zero-order chi connectivity index (χ0) is 13.1. The molecular weight excluding hydrogens is 297 g/mol. The Morgan fingerprint density at radius 1 is 1.22 bits per heavy atom. The number of carbonyl (C=O) groups excluding carboxylic acids is 1. The molecule has 0 saturated heterocycles. The van der Waals surface area contributed by atoms with Crippen molar-refractivity contribution >= 4 is 27.4 Å². The van der Waals surface area contributed by atoms with Crippen molar-refractivity contribution in [3.63, 3.8) is 0 Å². The minimum atomic E-state index is -0.342. The zero-order valence-corrected chi connectivity index (χ0v) is 11.1. The molecule has 2 nitrogen and oxygen atoms in total. The van der Waals surface area contributed by atoms with Crippen LogP contribution in [0, 0.1) is 5.82 Å². The molecule has 0 atom stereocenters. The number of nitrogens with two attached hydrogens (primary N) is 1. The van der Waals surface area contributed by atoms with Crippen LogP contribution in [0.5, 0.6) is 0 Å². The Hall–Kier alpha value is -1.68. The van der Waals surface area contributed by atoms with Crippen molar-refractivity contribution in [3.05, 3.63) is 63.9 Å². The second-order valence-electron chi connectivity index (χ2n) is 3.94. The Morgan fingerprint density at radius 3 is 2.61 bits per heavy atom. The lowest BCUT2D eigenvalue weighted by molar-refractivity contribution is 0.0994. The molecule has 2 N–H and O–H groups in total. The van der Waals surface area contributed by atoms with E-state index in [9.17, 15) is 9.18 Å². The maximum atomic E-state index is 13.1. The molecular formula is C14H11BrFNO. The summed E-state index contributed by atoms with van der Waals surface area (Å²) in [7, 11) is 0. The molecule has 0 unspecified atom stereocenters. The normalized spacial score (nSPS) is 10.3. The summed E-state index contributed by atoms with van der Waals surface area (Å²) >= 11 is 3.10. The summed E-state index contributed by atoms with van der Waals surface area (Å²) in [6.45, 7) is 0. The lowest BCUT2D eigenvalue weighted by Crippen LogP contribution is -2.06. The quantitative estimate of drug-likeness (QED) is 0.695. The molecule has 2 rings (SSSR count). The molecule has 0 aromatic heterocycles. The van der Waals surface area contributed by atoms with Gasteiger partial charge in [0.2, 0.25) is 0 Å². The third-order valence-corrected chi connectivity index (χ3v) is 3.22. The molecule has 2 aromatic carbocycles. The van der Waals surface area contributed by atoms with Crippen LogP contribution in [0.2, 0.25) is 0 Å². The fraction of sp³-hybridized carbons (Fsp3) is 0.0714. The van der Waals surface area contributed by atoms with Crippen molar-refractivity contribution < 1.29 is 9.18 Å². The molecule has 0 heterocycles. The van der Waals surface area contributed by atoms with E-state index in [-0.39, 0.29) is 18.0 Å². The molecule has 0 amide bonds. The van der Waals surface area contributed by atoms with E-state index in [1.807, 2.05) is 0 Å². The van der Waals surface area contributed by atoms with Crippen LogP contribution in [0.15, 0.2) is 46.9 Å². The number of Topliss-reactive ketones (excluding diaryl/α,β-unsaturated/α-hetero) is 1. The molecule has 4 heteroatoms. The zero-order valence-electron chi connectivity index (χ0n) is 9.49. The van der Waals surface area contributed by atoms with Gasteiger partial charge in [0, 0.05) is 17.7 Å². The number of hydrogen-bond acceptors (Lipinski definition) is 2. The number of hydrogen-bond donors (Lipinski definition) is 1. The molecule has 0 saturated carbocycles. The van der Waals surface area contributed by atoms with Gasteiger partial charge in [-0.1, -0.05) is 18.2 Å². The van der Waals surface area contributed by atoms with E-state index in [0.29, 0.717) is 15.7 Å². The molecule has 0 radical (unpaired) electrons. The molecule has 0 spiro atoms. The second-order valence-corrected chi connectivity index (χ2v) is 4.79. The second kappa shape index (κ2) is 5.31. The van der Waals surface area contributed by atoms with Crippen molar-refractivity contribution in [2.75, 3.05) is 5.73 Å². The summed E-state index contributed by atoms with van der Waals surface area (Å²) in [6, 6.07) is 11.5. The van der Waals surface area contributed by atoms with Crippen molar-refractivity contribution in [2.24, 2.45) is 0 Å². The van der Waals surface area contributed by atoms with E-state index in [4.69, 9.17) is 5.73 Å². The van der Waals surface area contributed by atoms with Gasteiger partial charge in [-0.3, -0.25) is 4.79 Å². The highest BCUT2D eigenvalue weighted by molar-refractivity contribution is 9.10. The molecule has 0 aliphatic carbocycles. The molecule has 18 heavy (non-hydrogen) atoms. The van der Waals surface area contributed by atoms with Crippen molar-refractivity contribution in [2.45, 2.75) is 6.42 Å². The lowest BCUT2D eigenvalue weighted by atomic mass is 10.0. The standard InChI is InChI=1S/C14H11BrFNO/c15-11-7-9(5-6-12(11)16)8-14(18)10-3-1-2-4-13(10)17/h1-7H,8,17H2. The number of halogens is 2. The van der Waals surface area contributed by atoms with Crippen LogP contribution in [0.25, 0.3) is 0 Å². The fourth-order valence-corrected chi connectivity index (χ4v) is 2.11. The Labute approximate surface area is 113 Å². The summed E-state index contributed by atoms with van der Waals surface area (Å²) < 4.78 is 13.4. The number of nitrogen functional groups attached to an aromatic ring is 1. The SMILES string of the molecule is Nc1ccccc1C(=O)Cc1ccc(F)c(Br)c1. The van der Waals surface area contributed by atoms with Gasteiger partial charge in [-0.15, -0.1) is 0 Å². The fourth-order valence-electron chi connectivity index (χ4n) is 1.68. The van der Waals surface area contributed by atoms with Gasteiger partial charge in [-0.05, 0) is 45.8 Å². The Bertz CT molecular complexity index is 598. The monoisotopic (exact) mass is 307 g/mol. The van der Waals surface area contributed by atoms with Gasteiger partial charge in [-0.2, -0.15) is 0 Å². The molecule has 0 fully saturated rings. The summed E-state index contributed by atoms with van der Waals surface area (Å²) in [6.07, 6.45) is 0.201. The topological polar surface area (TPSA) is 43.1 Å². The third-order valence-electron chi connectivity index (χ3n) is 2.61. The van der Waals surface area contributed by atoms with Gasteiger partial charge >= 0.3 is 0 Å². The van der Waals surface area contributed by atoms with E-state index >= 15 is 0 Å². The number of anilines is 1. The Balaban J connectivity index is 2.22. The molecule has 0 aliphatic heterocycles. The van der Waals surface area contributed by atoms with Gasteiger partial charge in [0.05, 0.1) is 4.47 Å².